The maximum Gasteiger partial charge on any atom is 0.0438 e. The third kappa shape index (κ3) is 11.9. The Labute approximate surface area is 154 Å². The Kier molecular flexibility index (Phi) is 14.3. The molecule has 24 heavy (non-hydrogen) atoms. The second-order valence-corrected chi connectivity index (χ2v) is 7.08. The quantitative estimate of drug-likeness (QED) is 0.379. The first kappa shape index (κ1) is 21.5. The van der Waals surface area contributed by atoms with Gasteiger partial charge in [0.25, 0.3) is 0 Å². The average molecular weight is 353 g/mol. The minimum absolute atomic E-state index is 0.878. The van der Waals surface area contributed by atoms with E-state index in [4.69, 9.17) is 11.6 Å². The van der Waals surface area contributed by atoms with Crippen molar-refractivity contribution in [2.45, 2.75) is 71.1 Å². The number of halogens is 1. The summed E-state index contributed by atoms with van der Waals surface area (Å²) in [6.07, 6.45) is 13.6. The maximum atomic E-state index is 6.15. The van der Waals surface area contributed by atoms with E-state index in [1.54, 1.807) is 0 Å². The summed E-state index contributed by atoms with van der Waals surface area (Å²) in [5.74, 6) is 0. The molecule has 3 heteroatoms. The van der Waals surface area contributed by atoms with Gasteiger partial charge in [0.05, 0.1) is 0 Å². The molecule has 0 aliphatic carbocycles. The van der Waals surface area contributed by atoms with E-state index in [0.29, 0.717) is 0 Å². The first-order valence-electron chi connectivity index (χ1n) is 9.99. The van der Waals surface area contributed by atoms with Crippen LogP contribution in [-0.2, 0) is 6.42 Å². The zero-order valence-electron chi connectivity index (χ0n) is 15.6. The average Bonchev–Trinajstić information content (AvgIpc) is 2.60. The van der Waals surface area contributed by atoms with Crippen LogP contribution < -0.4 is 10.6 Å². The van der Waals surface area contributed by atoms with Crippen molar-refractivity contribution in [1.82, 2.24) is 10.6 Å². The summed E-state index contributed by atoms with van der Waals surface area (Å²) >= 11 is 6.15. The Bertz CT molecular complexity index is 395. The molecule has 0 unspecified atom stereocenters. The fourth-order valence-corrected chi connectivity index (χ4v) is 3.14. The van der Waals surface area contributed by atoms with Gasteiger partial charge in [0, 0.05) is 18.1 Å². The van der Waals surface area contributed by atoms with E-state index in [2.05, 4.69) is 23.6 Å². The fraction of sp³-hybridized carbons (Fsp3) is 0.714. The molecule has 1 aromatic carbocycles. The molecule has 1 aromatic rings. The van der Waals surface area contributed by atoms with Crippen LogP contribution in [0.1, 0.15) is 70.3 Å². The van der Waals surface area contributed by atoms with Crippen LogP contribution in [0.3, 0.4) is 0 Å². The zero-order chi connectivity index (χ0) is 17.3. The Morgan fingerprint density at radius 1 is 0.708 bits per heavy atom. The first-order chi connectivity index (χ1) is 11.8. The van der Waals surface area contributed by atoms with Crippen LogP contribution in [0.4, 0.5) is 0 Å². The highest BCUT2D eigenvalue weighted by Crippen LogP contribution is 2.14. The molecule has 138 valence electrons. The second kappa shape index (κ2) is 15.9. The van der Waals surface area contributed by atoms with Crippen LogP contribution in [-0.4, -0.2) is 26.2 Å². The summed E-state index contributed by atoms with van der Waals surface area (Å²) in [7, 11) is 0. The number of hydrogen-bond donors (Lipinski definition) is 2. The van der Waals surface area contributed by atoms with Gasteiger partial charge in [-0.3, -0.25) is 0 Å². The second-order valence-electron chi connectivity index (χ2n) is 6.67. The Balaban J connectivity index is 1.77. The number of hydrogen-bond acceptors (Lipinski definition) is 2. The minimum atomic E-state index is 0.878. The lowest BCUT2D eigenvalue weighted by Gasteiger charge is -2.08. The third-order valence-electron chi connectivity index (χ3n) is 4.46. The highest BCUT2D eigenvalue weighted by Gasteiger charge is 1.98. The molecule has 1 rings (SSSR count). The largest absolute Gasteiger partial charge is 0.315 e. The molecule has 0 atom stereocenters. The first-order valence-corrected chi connectivity index (χ1v) is 10.4. The van der Waals surface area contributed by atoms with Crippen molar-refractivity contribution in [3.8, 4) is 0 Å². The predicted molar refractivity (Wildman–Crippen MR) is 108 cm³/mol. The van der Waals surface area contributed by atoms with Crippen molar-refractivity contribution in [2.24, 2.45) is 0 Å². The molecule has 2 nitrogen and oxygen atoms in total. The van der Waals surface area contributed by atoms with Crippen LogP contribution in [0.5, 0.6) is 0 Å². The van der Waals surface area contributed by atoms with Gasteiger partial charge in [-0.05, 0) is 37.6 Å². The molecule has 0 saturated carbocycles. The van der Waals surface area contributed by atoms with E-state index in [0.717, 1.165) is 37.6 Å². The third-order valence-corrected chi connectivity index (χ3v) is 4.83. The van der Waals surface area contributed by atoms with E-state index in [1.807, 2.05) is 18.2 Å². The molecule has 0 fully saturated rings. The van der Waals surface area contributed by atoms with Crippen molar-refractivity contribution in [3.05, 3.63) is 34.9 Å². The van der Waals surface area contributed by atoms with E-state index < -0.39 is 0 Å². The van der Waals surface area contributed by atoms with Crippen LogP contribution in [0, 0.1) is 0 Å². The van der Waals surface area contributed by atoms with Gasteiger partial charge in [-0.1, -0.05) is 88.1 Å². The Hall–Kier alpha value is -0.570. The summed E-state index contributed by atoms with van der Waals surface area (Å²) in [5.41, 5.74) is 1.23. The summed E-state index contributed by atoms with van der Waals surface area (Å²) in [5, 5.41) is 7.88. The van der Waals surface area contributed by atoms with Gasteiger partial charge < -0.3 is 10.6 Å². The number of unbranched alkanes of at least 4 members (excludes halogenated alkanes) is 8. The molecular weight excluding hydrogens is 316 g/mol. The maximum absolute atomic E-state index is 6.15. The molecule has 0 heterocycles. The lowest BCUT2D eigenvalue weighted by molar-refractivity contribution is 0.542. The molecule has 0 bridgehead atoms. The number of nitrogens with one attached hydrogen (secondary N) is 2. The van der Waals surface area contributed by atoms with Gasteiger partial charge in [-0.25, -0.2) is 0 Å². The van der Waals surface area contributed by atoms with Crippen LogP contribution in [0.15, 0.2) is 24.3 Å². The van der Waals surface area contributed by atoms with Crippen molar-refractivity contribution in [2.75, 3.05) is 26.2 Å². The summed E-state index contributed by atoms with van der Waals surface area (Å²) < 4.78 is 0. The predicted octanol–water partition coefficient (Wildman–Crippen LogP) is 5.59. The number of rotatable bonds is 16. The molecular formula is C21H37ClN2. The van der Waals surface area contributed by atoms with Gasteiger partial charge in [-0.15, -0.1) is 0 Å². The van der Waals surface area contributed by atoms with E-state index in [-0.39, 0.29) is 0 Å². The van der Waals surface area contributed by atoms with E-state index in [1.165, 1.54) is 63.4 Å². The molecule has 0 saturated heterocycles. The van der Waals surface area contributed by atoms with Crippen LogP contribution in [0.25, 0.3) is 0 Å². The molecule has 0 spiro atoms. The highest BCUT2D eigenvalue weighted by molar-refractivity contribution is 6.31. The smallest absolute Gasteiger partial charge is 0.0438 e. The molecule has 0 radical (unpaired) electrons. The SMILES string of the molecule is CCCCCCCCCCCNCCNCCc1ccccc1Cl. The van der Waals surface area contributed by atoms with Crippen LogP contribution in [0.2, 0.25) is 5.02 Å². The highest BCUT2D eigenvalue weighted by atomic mass is 35.5. The van der Waals surface area contributed by atoms with Crippen molar-refractivity contribution in [3.63, 3.8) is 0 Å². The lowest BCUT2D eigenvalue weighted by Crippen LogP contribution is -2.29. The molecule has 0 aromatic heterocycles. The van der Waals surface area contributed by atoms with Gasteiger partial charge in [0.1, 0.15) is 0 Å². The lowest BCUT2D eigenvalue weighted by atomic mass is 10.1. The summed E-state index contributed by atoms with van der Waals surface area (Å²) in [4.78, 5) is 0. The fourth-order valence-electron chi connectivity index (χ4n) is 2.91. The summed E-state index contributed by atoms with van der Waals surface area (Å²) in [6, 6.07) is 8.10. The normalized spacial score (nSPS) is 11.1. The topological polar surface area (TPSA) is 24.1 Å². The van der Waals surface area contributed by atoms with Crippen LogP contribution >= 0.6 is 11.6 Å². The Morgan fingerprint density at radius 2 is 1.29 bits per heavy atom. The summed E-state index contributed by atoms with van der Waals surface area (Å²) in [6.45, 7) is 6.51. The number of benzene rings is 1. The van der Waals surface area contributed by atoms with Gasteiger partial charge in [0.15, 0.2) is 0 Å². The molecule has 2 N–H and O–H groups in total. The van der Waals surface area contributed by atoms with Gasteiger partial charge in [-0.2, -0.15) is 0 Å². The van der Waals surface area contributed by atoms with Crippen molar-refractivity contribution < 1.29 is 0 Å². The van der Waals surface area contributed by atoms with Crippen molar-refractivity contribution in [1.29, 1.82) is 0 Å². The van der Waals surface area contributed by atoms with Gasteiger partial charge in [0.2, 0.25) is 0 Å². The monoisotopic (exact) mass is 352 g/mol. The van der Waals surface area contributed by atoms with E-state index in [9.17, 15) is 0 Å². The minimum Gasteiger partial charge on any atom is -0.315 e. The molecule has 0 amide bonds. The molecule has 0 aliphatic rings. The standard InChI is InChI=1S/C21H37ClN2/c1-2-3-4-5-6-7-8-9-12-16-23-18-19-24-17-15-20-13-10-11-14-21(20)22/h10-11,13-14,23-24H,2-9,12,15-19H2,1H3. The molecule has 0 aliphatic heterocycles. The Morgan fingerprint density at radius 3 is 1.96 bits per heavy atom. The van der Waals surface area contributed by atoms with Gasteiger partial charge >= 0.3 is 0 Å². The van der Waals surface area contributed by atoms with Crippen molar-refractivity contribution >= 4 is 11.6 Å². The van der Waals surface area contributed by atoms with E-state index >= 15 is 0 Å². The zero-order valence-corrected chi connectivity index (χ0v) is 16.3.